The number of aryl methyl sites for hydroxylation is 1. The summed E-state index contributed by atoms with van der Waals surface area (Å²) < 4.78 is 14.0. The quantitative estimate of drug-likeness (QED) is 0.848. The molecule has 2 aromatic rings. The number of hydrogen-bond acceptors (Lipinski definition) is 3. The maximum Gasteiger partial charge on any atom is 0.0560 e. The fourth-order valence-corrected chi connectivity index (χ4v) is 3.00. The Morgan fingerprint density at radius 3 is 2.75 bits per heavy atom. The van der Waals surface area contributed by atoms with Gasteiger partial charge in [0.1, 0.15) is 0 Å². The third-order valence-electron chi connectivity index (χ3n) is 3.01. The molecule has 20 heavy (non-hydrogen) atoms. The lowest BCUT2D eigenvalue weighted by Crippen LogP contribution is -2.33. The van der Waals surface area contributed by atoms with E-state index in [-0.39, 0.29) is 0 Å². The molecule has 108 valence electrons. The predicted octanol–water partition coefficient (Wildman–Crippen LogP) is 1.98. The summed E-state index contributed by atoms with van der Waals surface area (Å²) in [6, 6.07) is 9.90. The van der Waals surface area contributed by atoms with Crippen LogP contribution in [0.3, 0.4) is 0 Å². The van der Waals surface area contributed by atoms with Crippen LogP contribution in [0.5, 0.6) is 0 Å². The molecule has 2 rings (SSSR count). The molecule has 0 unspecified atom stereocenters. The highest BCUT2D eigenvalue weighted by molar-refractivity contribution is 7.85. The molecule has 4 nitrogen and oxygen atoms in total. The second kappa shape index (κ2) is 7.36. The van der Waals surface area contributed by atoms with Crippen LogP contribution in [0.2, 0.25) is 0 Å². The third-order valence-corrected chi connectivity index (χ3v) is 4.38. The van der Waals surface area contributed by atoms with Gasteiger partial charge in [0.2, 0.25) is 0 Å². The number of rotatable bonds is 7. The highest BCUT2D eigenvalue weighted by atomic mass is 32.2. The Bertz CT molecular complexity index is 553. The topological polar surface area (TPSA) is 46.9 Å². The van der Waals surface area contributed by atoms with Crippen LogP contribution in [0.4, 0.5) is 0 Å². The number of benzene rings is 1. The van der Waals surface area contributed by atoms with E-state index in [0.29, 0.717) is 11.8 Å². The third kappa shape index (κ3) is 4.58. The molecule has 0 aliphatic heterocycles. The van der Waals surface area contributed by atoms with E-state index in [1.54, 1.807) is 0 Å². The Balaban J connectivity index is 1.71. The van der Waals surface area contributed by atoms with Gasteiger partial charge in [-0.1, -0.05) is 18.2 Å². The van der Waals surface area contributed by atoms with Gasteiger partial charge in [-0.15, -0.1) is 0 Å². The largest absolute Gasteiger partial charge is 0.311 e. The van der Waals surface area contributed by atoms with Crippen LogP contribution >= 0.6 is 0 Å². The van der Waals surface area contributed by atoms with Gasteiger partial charge in [-0.05, 0) is 31.5 Å². The molecule has 0 fully saturated rings. The van der Waals surface area contributed by atoms with Crippen LogP contribution in [0.25, 0.3) is 0 Å². The minimum absolute atomic E-state index is 0.307. The van der Waals surface area contributed by atoms with E-state index in [4.69, 9.17) is 0 Å². The molecule has 0 radical (unpaired) electrons. The van der Waals surface area contributed by atoms with Gasteiger partial charge in [0.05, 0.1) is 23.5 Å². The molecule has 1 aromatic carbocycles. The zero-order valence-electron chi connectivity index (χ0n) is 12.0. The molecule has 5 heteroatoms. The maximum absolute atomic E-state index is 12.0. The van der Waals surface area contributed by atoms with Crippen molar-refractivity contribution in [2.45, 2.75) is 31.3 Å². The smallest absolute Gasteiger partial charge is 0.0560 e. The van der Waals surface area contributed by atoms with E-state index >= 15 is 0 Å². The maximum atomic E-state index is 12.0. The van der Waals surface area contributed by atoms with Crippen LogP contribution in [-0.4, -0.2) is 32.3 Å². The van der Waals surface area contributed by atoms with Crippen LogP contribution < -0.4 is 5.32 Å². The second-order valence-electron chi connectivity index (χ2n) is 4.96. The van der Waals surface area contributed by atoms with E-state index in [1.165, 1.54) is 5.56 Å². The predicted molar refractivity (Wildman–Crippen MR) is 82.1 cm³/mol. The van der Waals surface area contributed by atoms with Crippen LogP contribution in [0, 0.1) is 6.92 Å². The number of aromatic nitrogens is 2. The molecular formula is C15H21N3OS. The Morgan fingerprint density at radius 1 is 1.35 bits per heavy atom. The summed E-state index contributed by atoms with van der Waals surface area (Å²) in [5.74, 6) is 0.631. The molecule has 0 saturated carbocycles. The van der Waals surface area contributed by atoms with Gasteiger partial charge in [0, 0.05) is 29.4 Å². The Kier molecular flexibility index (Phi) is 5.49. The van der Waals surface area contributed by atoms with Gasteiger partial charge < -0.3 is 5.32 Å². The molecule has 1 N–H and O–H groups in total. The molecule has 0 amide bonds. The van der Waals surface area contributed by atoms with Crippen molar-refractivity contribution in [3.8, 4) is 0 Å². The highest BCUT2D eigenvalue weighted by Gasteiger charge is 2.06. The lowest BCUT2D eigenvalue weighted by molar-refractivity contribution is 0.462. The molecule has 0 saturated heterocycles. The molecule has 0 spiro atoms. The molecule has 1 aromatic heterocycles. The average molecular weight is 291 g/mol. The molecule has 0 aliphatic carbocycles. The SMILES string of the molecule is Cc1cnn(C[C@H](C)NCC[S@](=O)c2ccccc2)c1. The highest BCUT2D eigenvalue weighted by Crippen LogP contribution is 2.04. The van der Waals surface area contributed by atoms with E-state index in [1.807, 2.05) is 54.3 Å². The molecular weight excluding hydrogens is 270 g/mol. The average Bonchev–Trinajstić information content (AvgIpc) is 2.85. The first kappa shape index (κ1) is 14.9. The Labute approximate surface area is 122 Å². The van der Waals surface area contributed by atoms with E-state index in [9.17, 15) is 4.21 Å². The Morgan fingerprint density at radius 2 is 2.10 bits per heavy atom. The van der Waals surface area contributed by atoms with Crippen molar-refractivity contribution in [3.05, 3.63) is 48.3 Å². The normalized spacial score (nSPS) is 14.1. The molecule has 0 bridgehead atoms. The van der Waals surface area contributed by atoms with Gasteiger partial charge >= 0.3 is 0 Å². The van der Waals surface area contributed by atoms with Crippen molar-refractivity contribution in [2.75, 3.05) is 12.3 Å². The van der Waals surface area contributed by atoms with Crippen molar-refractivity contribution >= 4 is 10.8 Å². The summed E-state index contributed by atoms with van der Waals surface area (Å²) in [5.41, 5.74) is 1.17. The van der Waals surface area contributed by atoms with E-state index in [0.717, 1.165) is 18.0 Å². The number of nitrogens with zero attached hydrogens (tertiary/aromatic N) is 2. The molecule has 2 atom stereocenters. The van der Waals surface area contributed by atoms with Crippen LogP contribution in [-0.2, 0) is 17.3 Å². The van der Waals surface area contributed by atoms with Crippen molar-refractivity contribution in [3.63, 3.8) is 0 Å². The first-order chi connectivity index (χ1) is 9.65. The summed E-state index contributed by atoms with van der Waals surface area (Å²) in [4.78, 5) is 0.893. The number of hydrogen-bond donors (Lipinski definition) is 1. The van der Waals surface area contributed by atoms with Crippen molar-refractivity contribution < 1.29 is 4.21 Å². The van der Waals surface area contributed by atoms with Crippen molar-refractivity contribution in [2.24, 2.45) is 0 Å². The zero-order chi connectivity index (χ0) is 14.4. The monoisotopic (exact) mass is 291 g/mol. The van der Waals surface area contributed by atoms with Crippen molar-refractivity contribution in [1.29, 1.82) is 0 Å². The fourth-order valence-electron chi connectivity index (χ4n) is 2.00. The minimum atomic E-state index is -0.927. The summed E-state index contributed by atoms with van der Waals surface area (Å²) in [5, 5.41) is 7.65. The summed E-state index contributed by atoms with van der Waals surface area (Å²) in [7, 11) is -0.927. The lowest BCUT2D eigenvalue weighted by Gasteiger charge is -2.13. The van der Waals surface area contributed by atoms with Crippen LogP contribution in [0.1, 0.15) is 12.5 Å². The summed E-state index contributed by atoms with van der Waals surface area (Å²) in [6.07, 6.45) is 3.89. The minimum Gasteiger partial charge on any atom is -0.311 e. The number of nitrogens with one attached hydrogen (secondary N) is 1. The van der Waals surface area contributed by atoms with Crippen LogP contribution in [0.15, 0.2) is 47.6 Å². The van der Waals surface area contributed by atoms with E-state index < -0.39 is 10.8 Å². The Hall–Kier alpha value is -1.46. The van der Waals surface area contributed by atoms with Gasteiger partial charge in [-0.3, -0.25) is 8.89 Å². The molecule has 0 aliphatic rings. The first-order valence-corrected chi connectivity index (χ1v) is 8.13. The van der Waals surface area contributed by atoms with E-state index in [2.05, 4.69) is 17.3 Å². The first-order valence-electron chi connectivity index (χ1n) is 6.81. The fraction of sp³-hybridized carbons (Fsp3) is 0.400. The molecule has 1 heterocycles. The van der Waals surface area contributed by atoms with Gasteiger partial charge in [0.25, 0.3) is 0 Å². The zero-order valence-corrected chi connectivity index (χ0v) is 12.8. The summed E-state index contributed by atoms with van der Waals surface area (Å²) >= 11 is 0. The van der Waals surface area contributed by atoms with Gasteiger partial charge in [-0.2, -0.15) is 5.10 Å². The van der Waals surface area contributed by atoms with Gasteiger partial charge in [-0.25, -0.2) is 0 Å². The standard InChI is InChI=1S/C15H21N3OS/c1-13-10-17-18(11-13)12-14(2)16-8-9-20(19)15-6-4-3-5-7-15/h3-7,10-11,14,16H,8-9,12H2,1-2H3/t14-,20-/m0/s1. The van der Waals surface area contributed by atoms with Gasteiger partial charge in [0.15, 0.2) is 0 Å². The summed E-state index contributed by atoms with van der Waals surface area (Å²) in [6.45, 7) is 5.71. The van der Waals surface area contributed by atoms with Crippen molar-refractivity contribution in [1.82, 2.24) is 15.1 Å². The lowest BCUT2D eigenvalue weighted by atomic mass is 10.3. The second-order valence-corrected chi connectivity index (χ2v) is 6.53.